The highest BCUT2D eigenvalue weighted by Gasteiger charge is 2.33. The van der Waals surface area contributed by atoms with Crippen LogP contribution in [0.1, 0.15) is 49.9 Å². The molecule has 1 aromatic rings. The highest BCUT2D eigenvalue weighted by atomic mass is 32.1. The van der Waals surface area contributed by atoms with E-state index in [4.69, 9.17) is 5.73 Å². The molecule has 1 heterocycles. The lowest BCUT2D eigenvalue weighted by molar-refractivity contribution is 0.0944. The smallest absolute Gasteiger partial charge is 0.258 e. The van der Waals surface area contributed by atoms with Gasteiger partial charge in [0.2, 0.25) is 0 Å². The normalized spacial score (nSPS) is 18.0. The van der Waals surface area contributed by atoms with Crippen LogP contribution in [0.25, 0.3) is 0 Å². The molecule has 2 saturated carbocycles. The van der Waals surface area contributed by atoms with Gasteiger partial charge in [0, 0.05) is 19.1 Å². The molecule has 0 aliphatic heterocycles. The molecule has 3 N–H and O–H groups in total. The van der Waals surface area contributed by atoms with Crippen LogP contribution in [-0.4, -0.2) is 29.4 Å². The third-order valence-corrected chi connectivity index (χ3v) is 4.91. The predicted molar refractivity (Wildman–Crippen MR) is 86.8 cm³/mol. The van der Waals surface area contributed by atoms with Crippen molar-refractivity contribution in [3.8, 4) is 0 Å². The first-order valence-electron chi connectivity index (χ1n) is 7.85. The molecule has 0 unspecified atom stereocenters. The summed E-state index contributed by atoms with van der Waals surface area (Å²) in [5, 5.41) is 3.90. The van der Waals surface area contributed by atoms with E-state index >= 15 is 0 Å². The molecule has 3 rings (SSSR count). The van der Waals surface area contributed by atoms with Crippen molar-refractivity contribution in [2.24, 2.45) is 11.8 Å². The lowest BCUT2D eigenvalue weighted by Gasteiger charge is -2.24. The molecule has 0 saturated heterocycles. The van der Waals surface area contributed by atoms with Gasteiger partial charge in [0.15, 0.2) is 5.82 Å². The highest BCUT2D eigenvalue weighted by molar-refractivity contribution is 7.11. The summed E-state index contributed by atoms with van der Waals surface area (Å²) in [7, 11) is 0. The Hall–Kier alpha value is -1.30. The zero-order valence-electron chi connectivity index (χ0n) is 12.8. The van der Waals surface area contributed by atoms with Gasteiger partial charge in [-0.1, -0.05) is 0 Å². The molecule has 116 valence electrons. The monoisotopic (exact) mass is 308 g/mol. The molecule has 0 spiro atoms. The lowest BCUT2D eigenvalue weighted by atomic mass is 10.2. The molecule has 0 radical (unpaired) electrons. The van der Waals surface area contributed by atoms with E-state index in [9.17, 15) is 4.79 Å². The second-order valence-electron chi connectivity index (χ2n) is 6.67. The number of rotatable bonds is 7. The molecule has 1 aromatic heterocycles. The maximum Gasteiger partial charge on any atom is 0.258 e. The Morgan fingerprint density at radius 2 is 1.90 bits per heavy atom. The summed E-state index contributed by atoms with van der Waals surface area (Å²) in [5.41, 5.74) is 6.54. The van der Waals surface area contributed by atoms with Gasteiger partial charge in [-0.2, -0.15) is 4.37 Å². The summed E-state index contributed by atoms with van der Waals surface area (Å²) in [6, 6.07) is 0.102. The van der Waals surface area contributed by atoms with E-state index in [1.54, 1.807) is 0 Å². The average Bonchev–Trinajstić information content (AvgIpc) is 3.30. The number of nitrogen functional groups attached to an aromatic ring is 1. The van der Waals surface area contributed by atoms with E-state index in [-0.39, 0.29) is 11.9 Å². The van der Waals surface area contributed by atoms with Crippen molar-refractivity contribution < 1.29 is 4.79 Å². The minimum atomic E-state index is -0.0946. The maximum atomic E-state index is 12.4. The molecule has 0 aromatic carbocycles. The van der Waals surface area contributed by atoms with Crippen LogP contribution < -0.4 is 16.0 Å². The van der Waals surface area contributed by atoms with Gasteiger partial charge in [-0.15, -0.1) is 0 Å². The lowest BCUT2D eigenvalue weighted by Crippen LogP contribution is -2.33. The van der Waals surface area contributed by atoms with Crippen LogP contribution in [0, 0.1) is 11.8 Å². The molecule has 1 amide bonds. The zero-order valence-corrected chi connectivity index (χ0v) is 13.6. The summed E-state index contributed by atoms with van der Waals surface area (Å²) < 4.78 is 4.24. The van der Waals surface area contributed by atoms with Gasteiger partial charge in [0.1, 0.15) is 10.6 Å². The fraction of sp³-hybridized carbons (Fsp3) is 0.733. The number of nitrogens with zero attached hydrogens (tertiary/aromatic N) is 2. The van der Waals surface area contributed by atoms with Crippen molar-refractivity contribution in [2.45, 2.75) is 45.6 Å². The Bertz CT molecular complexity index is 506. The quantitative estimate of drug-likeness (QED) is 0.812. The fourth-order valence-corrected chi connectivity index (χ4v) is 3.35. The standard InChI is InChI=1S/C15H24N4OS/c1-9(2)17-14(20)12-13(16)18-21-15(12)19(7-10-3-4-10)8-11-5-6-11/h9-11H,3-8H2,1-2H3,(H2,16,18)(H,17,20). The zero-order chi connectivity index (χ0) is 15.0. The fourth-order valence-electron chi connectivity index (χ4n) is 2.52. The molecule has 0 bridgehead atoms. The van der Waals surface area contributed by atoms with Crippen molar-refractivity contribution in [3.63, 3.8) is 0 Å². The van der Waals surface area contributed by atoms with Crippen LogP contribution in [0.2, 0.25) is 0 Å². The minimum Gasteiger partial charge on any atom is -0.382 e. The van der Waals surface area contributed by atoms with Crippen molar-refractivity contribution in [3.05, 3.63) is 5.56 Å². The Labute approximate surface area is 130 Å². The Morgan fingerprint density at radius 3 is 2.38 bits per heavy atom. The van der Waals surface area contributed by atoms with E-state index in [2.05, 4.69) is 14.6 Å². The van der Waals surface area contributed by atoms with E-state index < -0.39 is 0 Å². The summed E-state index contributed by atoms with van der Waals surface area (Å²) in [6.07, 6.45) is 5.23. The summed E-state index contributed by atoms with van der Waals surface area (Å²) in [5.74, 6) is 1.84. The summed E-state index contributed by atoms with van der Waals surface area (Å²) >= 11 is 1.37. The summed E-state index contributed by atoms with van der Waals surface area (Å²) in [6.45, 7) is 6.00. The van der Waals surface area contributed by atoms with Gasteiger partial charge in [0.25, 0.3) is 5.91 Å². The van der Waals surface area contributed by atoms with E-state index in [1.165, 1.54) is 37.2 Å². The molecule has 2 fully saturated rings. The van der Waals surface area contributed by atoms with Crippen LogP contribution in [0.5, 0.6) is 0 Å². The number of carbonyl (C=O) groups excluding carboxylic acids is 1. The number of hydrogen-bond donors (Lipinski definition) is 2. The first kappa shape index (κ1) is 14.6. The van der Waals surface area contributed by atoms with Gasteiger partial charge in [-0.3, -0.25) is 4.79 Å². The van der Waals surface area contributed by atoms with Gasteiger partial charge in [0.05, 0.1) is 0 Å². The Balaban J connectivity index is 1.81. The van der Waals surface area contributed by atoms with Crippen molar-refractivity contribution >= 4 is 28.3 Å². The molecular formula is C15H24N4OS. The number of hydrogen-bond acceptors (Lipinski definition) is 5. The molecule has 2 aliphatic rings. The van der Waals surface area contributed by atoms with Crippen molar-refractivity contribution in [2.75, 3.05) is 23.7 Å². The van der Waals surface area contributed by atoms with E-state index in [0.29, 0.717) is 11.4 Å². The number of anilines is 2. The Morgan fingerprint density at radius 1 is 1.33 bits per heavy atom. The predicted octanol–water partition coefficient (Wildman–Crippen LogP) is 2.49. The number of nitrogens with two attached hydrogens (primary N) is 1. The average molecular weight is 308 g/mol. The Kier molecular flexibility index (Phi) is 4.06. The SMILES string of the molecule is CC(C)NC(=O)c1c(N)nsc1N(CC1CC1)CC1CC1. The summed E-state index contributed by atoms with van der Waals surface area (Å²) in [4.78, 5) is 14.8. The van der Waals surface area contributed by atoms with Gasteiger partial charge >= 0.3 is 0 Å². The number of amides is 1. The number of carbonyl (C=O) groups is 1. The van der Waals surface area contributed by atoms with Gasteiger partial charge in [-0.05, 0) is 62.9 Å². The largest absolute Gasteiger partial charge is 0.382 e. The van der Waals surface area contributed by atoms with Crippen molar-refractivity contribution in [1.29, 1.82) is 0 Å². The third kappa shape index (κ3) is 3.67. The molecule has 21 heavy (non-hydrogen) atoms. The second-order valence-corrected chi connectivity index (χ2v) is 7.42. The van der Waals surface area contributed by atoms with Crippen LogP contribution in [0.3, 0.4) is 0 Å². The number of nitrogens with one attached hydrogen (secondary N) is 1. The van der Waals surface area contributed by atoms with Crippen LogP contribution in [0.15, 0.2) is 0 Å². The molecule has 6 heteroatoms. The van der Waals surface area contributed by atoms with Crippen LogP contribution in [0.4, 0.5) is 10.8 Å². The minimum absolute atomic E-state index is 0.0946. The molecule has 5 nitrogen and oxygen atoms in total. The van der Waals surface area contributed by atoms with Gasteiger partial charge < -0.3 is 16.0 Å². The van der Waals surface area contributed by atoms with Gasteiger partial charge in [-0.25, -0.2) is 0 Å². The third-order valence-electron chi connectivity index (χ3n) is 3.99. The number of aromatic nitrogens is 1. The van der Waals surface area contributed by atoms with Crippen LogP contribution in [-0.2, 0) is 0 Å². The van der Waals surface area contributed by atoms with Crippen LogP contribution >= 0.6 is 11.5 Å². The molecule has 0 atom stereocenters. The maximum absolute atomic E-state index is 12.4. The second kappa shape index (κ2) is 5.83. The first-order valence-corrected chi connectivity index (χ1v) is 8.63. The topological polar surface area (TPSA) is 71.2 Å². The highest BCUT2D eigenvalue weighted by Crippen LogP contribution is 2.39. The molecule has 2 aliphatic carbocycles. The van der Waals surface area contributed by atoms with E-state index in [1.807, 2.05) is 13.8 Å². The molecular weight excluding hydrogens is 284 g/mol. The van der Waals surface area contributed by atoms with Crippen molar-refractivity contribution in [1.82, 2.24) is 9.69 Å². The van der Waals surface area contributed by atoms with E-state index in [0.717, 1.165) is 29.9 Å². The first-order chi connectivity index (χ1) is 10.0.